The highest BCUT2D eigenvalue weighted by atomic mass is 32.2. The number of nitrogen functional groups attached to an aromatic ring is 1. The van der Waals surface area contributed by atoms with Gasteiger partial charge in [-0.3, -0.25) is 4.79 Å². The van der Waals surface area contributed by atoms with E-state index in [0.29, 0.717) is 41.9 Å². The molecule has 0 radical (unpaired) electrons. The van der Waals surface area contributed by atoms with Gasteiger partial charge in [-0.2, -0.15) is 0 Å². The molecule has 6 atom stereocenters. The molecule has 3 heterocycles. The number of carboxylic acids is 1. The quantitative estimate of drug-likeness (QED) is 0.272. The number of aromatic nitrogens is 2. The summed E-state index contributed by atoms with van der Waals surface area (Å²) in [4.78, 5) is 20.6. The average molecular weight is 401 g/mol. The zero-order chi connectivity index (χ0) is 19.7. The number of aliphatic carboxylic acids is 1. The second-order valence-corrected chi connectivity index (χ2v) is 9.00. The van der Waals surface area contributed by atoms with Gasteiger partial charge in [-0.15, -0.1) is 0 Å². The summed E-state index contributed by atoms with van der Waals surface area (Å²) in [7, 11) is -0.217. The minimum absolute atomic E-state index is 0.217. The third kappa shape index (κ3) is 4.04. The fourth-order valence-corrected chi connectivity index (χ4v) is 4.83. The van der Waals surface area contributed by atoms with Crippen LogP contribution >= 0.6 is 0 Å². The molecule has 150 valence electrons. The van der Waals surface area contributed by atoms with Gasteiger partial charge in [0.2, 0.25) is 0 Å². The van der Waals surface area contributed by atoms with Crippen LogP contribution in [-0.2, 0) is 20.4 Å². The number of anilines is 3. The Bertz CT molecular complexity index is 697. The number of aliphatic hydroxyl groups is 2. The topological polar surface area (TPSA) is 180 Å². The maximum Gasteiger partial charge on any atom is 0.320 e. The van der Waals surface area contributed by atoms with Gasteiger partial charge in [0.1, 0.15) is 47.9 Å². The van der Waals surface area contributed by atoms with E-state index < -0.39 is 36.6 Å². The van der Waals surface area contributed by atoms with Crippen molar-refractivity contribution in [2.45, 2.75) is 37.0 Å². The predicted octanol–water partition coefficient (Wildman–Crippen LogP) is -2.25. The summed E-state index contributed by atoms with van der Waals surface area (Å²) in [5.41, 5.74) is 11.9. The van der Waals surface area contributed by atoms with Crippen LogP contribution in [0.25, 0.3) is 0 Å². The molecule has 27 heavy (non-hydrogen) atoms. The number of nitrogens with zero attached hydrogens (tertiary/aromatic N) is 3. The number of nitrogens with two attached hydrogens (primary N) is 2. The molecule has 0 saturated carbocycles. The summed E-state index contributed by atoms with van der Waals surface area (Å²) in [6.45, 7) is 0.324. The Hall–Kier alpha value is -1.86. The first-order valence-corrected chi connectivity index (χ1v) is 10.5. The number of rotatable bonds is 7. The van der Waals surface area contributed by atoms with Crippen LogP contribution in [0.3, 0.4) is 0 Å². The lowest BCUT2D eigenvalue weighted by molar-refractivity contribution is -0.138. The molecule has 0 spiro atoms. The van der Waals surface area contributed by atoms with E-state index in [1.165, 1.54) is 6.33 Å². The molecule has 12 heteroatoms. The van der Waals surface area contributed by atoms with E-state index in [4.69, 9.17) is 21.3 Å². The standard InChI is InChI=1S/C15H24N6O5S/c1-27(3-2-7(16)15(24)25)4-8-10(22)11(23)14(26-8)21-6-20-9-12(17)18-5-19-13(9)21/h5,7-8,10-11,14,20,22-23H,2-4,6,16H2,1H3,(H2-,17,18,19,24,25)/p+1. The Labute approximate surface area is 159 Å². The molecule has 1 fully saturated rings. The van der Waals surface area contributed by atoms with Crippen LogP contribution in [0, 0.1) is 0 Å². The van der Waals surface area contributed by atoms with Crippen LogP contribution in [0.1, 0.15) is 6.42 Å². The Balaban J connectivity index is 1.62. The number of hydrogen-bond acceptors (Lipinski definition) is 10. The molecular weight excluding hydrogens is 376 g/mol. The summed E-state index contributed by atoms with van der Waals surface area (Å²) in [5.74, 6) is 0.903. The third-order valence-electron chi connectivity index (χ3n) is 4.74. The Morgan fingerprint density at radius 3 is 2.93 bits per heavy atom. The normalized spacial score (nSPS) is 29.3. The lowest BCUT2D eigenvalue weighted by Gasteiger charge is -2.26. The molecule has 1 saturated heterocycles. The van der Waals surface area contributed by atoms with Crippen LogP contribution in [0.4, 0.5) is 17.3 Å². The number of aliphatic hydroxyl groups excluding tert-OH is 2. The van der Waals surface area contributed by atoms with E-state index in [9.17, 15) is 15.0 Å². The summed E-state index contributed by atoms with van der Waals surface area (Å²) in [5, 5.41) is 32.8. The van der Waals surface area contributed by atoms with Crippen molar-refractivity contribution in [3.05, 3.63) is 6.33 Å². The molecule has 2 aliphatic heterocycles. The second kappa shape index (κ2) is 8.02. The van der Waals surface area contributed by atoms with Crippen molar-refractivity contribution < 1.29 is 24.9 Å². The van der Waals surface area contributed by atoms with Crippen molar-refractivity contribution in [3.63, 3.8) is 0 Å². The summed E-state index contributed by atoms with van der Waals surface area (Å²) in [6.07, 6.45) is 0.139. The van der Waals surface area contributed by atoms with Gasteiger partial charge in [0.25, 0.3) is 0 Å². The van der Waals surface area contributed by atoms with Gasteiger partial charge >= 0.3 is 5.97 Å². The molecule has 0 bridgehead atoms. The number of carboxylic acid groups (broad SMARTS) is 1. The summed E-state index contributed by atoms with van der Waals surface area (Å²) < 4.78 is 5.94. The number of carbonyl (C=O) groups is 1. The Kier molecular flexibility index (Phi) is 5.91. The predicted molar refractivity (Wildman–Crippen MR) is 101 cm³/mol. The van der Waals surface area contributed by atoms with E-state index in [-0.39, 0.29) is 10.9 Å². The van der Waals surface area contributed by atoms with Crippen molar-refractivity contribution in [2.24, 2.45) is 5.73 Å². The first-order valence-electron chi connectivity index (χ1n) is 8.49. The molecule has 1 aromatic rings. The van der Waals surface area contributed by atoms with E-state index >= 15 is 0 Å². The Morgan fingerprint density at radius 1 is 1.48 bits per heavy atom. The van der Waals surface area contributed by atoms with Crippen molar-refractivity contribution in [1.29, 1.82) is 0 Å². The van der Waals surface area contributed by atoms with Crippen molar-refractivity contribution >= 4 is 34.2 Å². The molecule has 8 N–H and O–H groups in total. The largest absolute Gasteiger partial charge is 0.480 e. The summed E-state index contributed by atoms with van der Waals surface area (Å²) in [6, 6.07) is -0.898. The van der Waals surface area contributed by atoms with Crippen molar-refractivity contribution in [1.82, 2.24) is 9.97 Å². The maximum absolute atomic E-state index is 10.8. The van der Waals surface area contributed by atoms with Crippen molar-refractivity contribution in [2.75, 3.05) is 40.4 Å². The maximum atomic E-state index is 10.8. The molecule has 0 aliphatic carbocycles. The first kappa shape index (κ1) is 19.9. The first-order chi connectivity index (χ1) is 12.8. The highest BCUT2D eigenvalue weighted by molar-refractivity contribution is 7.96. The fourth-order valence-electron chi connectivity index (χ4n) is 3.17. The second-order valence-electron chi connectivity index (χ2n) is 6.69. The number of fused-ring (bicyclic) bond motifs is 1. The molecule has 11 nitrogen and oxygen atoms in total. The van der Waals surface area contributed by atoms with Gasteiger partial charge in [0.05, 0.1) is 12.9 Å². The highest BCUT2D eigenvalue weighted by Crippen LogP contribution is 2.37. The molecule has 0 aromatic carbocycles. The molecule has 6 unspecified atom stereocenters. The van der Waals surface area contributed by atoms with Crippen LogP contribution in [-0.4, -0.2) is 86.3 Å². The molecule has 2 aliphatic rings. The minimum atomic E-state index is -1.11. The molecular formula is C15H25N6O5S+. The lowest BCUT2D eigenvalue weighted by Crippen LogP contribution is -2.44. The summed E-state index contributed by atoms with van der Waals surface area (Å²) >= 11 is 0. The van der Waals surface area contributed by atoms with E-state index in [1.54, 1.807) is 4.90 Å². The van der Waals surface area contributed by atoms with E-state index in [1.807, 2.05) is 6.26 Å². The molecule has 1 aromatic heterocycles. The van der Waals surface area contributed by atoms with E-state index in [0.717, 1.165) is 0 Å². The fraction of sp³-hybridized carbons (Fsp3) is 0.667. The van der Waals surface area contributed by atoms with Crippen LogP contribution < -0.4 is 21.7 Å². The zero-order valence-electron chi connectivity index (χ0n) is 14.9. The molecule has 3 rings (SSSR count). The minimum Gasteiger partial charge on any atom is -0.480 e. The van der Waals surface area contributed by atoms with Gasteiger partial charge < -0.3 is 41.7 Å². The number of ether oxygens (including phenoxy) is 1. The van der Waals surface area contributed by atoms with Gasteiger partial charge in [-0.25, -0.2) is 9.97 Å². The van der Waals surface area contributed by atoms with E-state index in [2.05, 4.69) is 15.3 Å². The molecule has 0 amide bonds. The lowest BCUT2D eigenvalue weighted by atomic mass is 10.1. The highest BCUT2D eigenvalue weighted by Gasteiger charge is 2.49. The van der Waals surface area contributed by atoms with Gasteiger partial charge in [-0.1, -0.05) is 0 Å². The SMILES string of the molecule is C[S+](CCC(N)C(=O)O)CC1OC(N2CNc3c(N)ncnc32)C(O)C1O. The Morgan fingerprint density at radius 2 is 2.22 bits per heavy atom. The van der Waals surface area contributed by atoms with Gasteiger partial charge in [0.15, 0.2) is 17.9 Å². The van der Waals surface area contributed by atoms with Crippen LogP contribution in [0.2, 0.25) is 0 Å². The zero-order valence-corrected chi connectivity index (χ0v) is 15.7. The monoisotopic (exact) mass is 401 g/mol. The number of hydrogen-bond donors (Lipinski definition) is 6. The third-order valence-corrected chi connectivity index (χ3v) is 6.57. The smallest absolute Gasteiger partial charge is 0.320 e. The number of nitrogens with one attached hydrogen (secondary N) is 1. The van der Waals surface area contributed by atoms with Crippen LogP contribution in [0.5, 0.6) is 0 Å². The van der Waals surface area contributed by atoms with Gasteiger partial charge in [-0.05, 0) is 10.9 Å². The average Bonchev–Trinajstić information content (AvgIpc) is 3.17. The van der Waals surface area contributed by atoms with Gasteiger partial charge in [0, 0.05) is 6.42 Å². The van der Waals surface area contributed by atoms with Crippen molar-refractivity contribution in [3.8, 4) is 0 Å². The van der Waals surface area contributed by atoms with Crippen LogP contribution in [0.15, 0.2) is 6.33 Å².